The van der Waals surface area contributed by atoms with Gasteiger partial charge in [-0.05, 0) is 75.6 Å². The molecule has 1 aliphatic rings. The van der Waals surface area contributed by atoms with Crippen LogP contribution in [-0.2, 0) is 20.6 Å². The van der Waals surface area contributed by atoms with Gasteiger partial charge in [-0.2, -0.15) is 4.90 Å². The minimum absolute atomic E-state index is 0.00562. The fraction of sp³-hybridized carbons (Fsp3) is 0.312. The molecule has 246 valence electrons. The average Bonchev–Trinajstić information content (AvgIpc) is 3.65. The van der Waals surface area contributed by atoms with Crippen molar-refractivity contribution in [2.24, 2.45) is 0 Å². The van der Waals surface area contributed by atoms with Crippen LogP contribution in [0.2, 0.25) is 5.02 Å². The molecule has 3 amide bonds. The van der Waals surface area contributed by atoms with Crippen molar-refractivity contribution in [3.05, 3.63) is 81.6 Å². The number of hydrogen-bond donors (Lipinski definition) is 3. The fourth-order valence-corrected chi connectivity index (χ4v) is 5.36. The van der Waals surface area contributed by atoms with Crippen molar-refractivity contribution in [3.8, 4) is 22.5 Å². The van der Waals surface area contributed by atoms with Gasteiger partial charge < -0.3 is 28.9 Å². The van der Waals surface area contributed by atoms with Gasteiger partial charge in [0.1, 0.15) is 23.9 Å². The van der Waals surface area contributed by atoms with Crippen molar-refractivity contribution in [3.63, 3.8) is 0 Å². The molecular formula is C32H33ClN6O8. The van der Waals surface area contributed by atoms with Crippen molar-refractivity contribution in [1.29, 1.82) is 0 Å². The number of nitrogens with one attached hydrogen (secondary N) is 2. The molecule has 1 aliphatic heterocycles. The van der Waals surface area contributed by atoms with Crippen LogP contribution >= 0.6 is 11.6 Å². The molecule has 1 unspecified atom stereocenters. The number of imide groups is 1. The number of benzene rings is 1. The summed E-state index contributed by atoms with van der Waals surface area (Å²) in [5, 5.41) is 12.8. The molecule has 3 N–H and O–H groups in total. The Morgan fingerprint density at radius 3 is 2.55 bits per heavy atom. The van der Waals surface area contributed by atoms with E-state index in [0.29, 0.717) is 56.9 Å². The molecule has 3 aromatic heterocycles. The summed E-state index contributed by atoms with van der Waals surface area (Å²) in [6.45, 7) is 5.29. The van der Waals surface area contributed by atoms with Crippen molar-refractivity contribution in [2.45, 2.75) is 45.3 Å². The van der Waals surface area contributed by atoms with Gasteiger partial charge in [-0.3, -0.25) is 10.1 Å². The van der Waals surface area contributed by atoms with E-state index in [2.05, 4.69) is 20.3 Å². The number of carbonyl (C=O) groups excluding carboxylic acids is 2. The lowest BCUT2D eigenvalue weighted by atomic mass is 10.0. The minimum atomic E-state index is -1.54. The second-order valence-electron chi connectivity index (χ2n) is 11.6. The van der Waals surface area contributed by atoms with E-state index in [1.54, 1.807) is 55.9 Å². The van der Waals surface area contributed by atoms with Gasteiger partial charge in [0, 0.05) is 41.2 Å². The first-order valence-corrected chi connectivity index (χ1v) is 15.0. The molecular weight excluding hydrogens is 632 g/mol. The van der Waals surface area contributed by atoms with E-state index in [9.17, 15) is 24.3 Å². The number of aromatic amines is 1. The smallest absolute Gasteiger partial charge is 0.424 e. The quantitative estimate of drug-likeness (QED) is 0.186. The highest BCUT2D eigenvalue weighted by atomic mass is 35.5. The first kappa shape index (κ1) is 33.2. The van der Waals surface area contributed by atoms with Crippen LogP contribution in [0.5, 0.6) is 0 Å². The normalized spacial score (nSPS) is 13.9. The van der Waals surface area contributed by atoms with E-state index >= 15 is 0 Å². The Morgan fingerprint density at radius 2 is 1.87 bits per heavy atom. The Bertz CT molecular complexity index is 1860. The molecule has 5 rings (SSSR count). The van der Waals surface area contributed by atoms with Gasteiger partial charge in [-0.25, -0.2) is 24.4 Å². The second-order valence-corrected chi connectivity index (χ2v) is 12.1. The van der Waals surface area contributed by atoms with Crippen LogP contribution in [0.15, 0.2) is 59.7 Å². The van der Waals surface area contributed by atoms with Crippen molar-refractivity contribution >= 4 is 41.4 Å². The summed E-state index contributed by atoms with van der Waals surface area (Å²) in [5.74, 6) is 0.828. The van der Waals surface area contributed by atoms with Crippen LogP contribution in [0.25, 0.3) is 22.5 Å². The standard InChI is InChI=1S/C32H33ClN6O8/c1-32(2,3)47-31(44)39(30(42)43)24-8-6-20(33)15-22(24)19-13-21-7-9-25(38(21)27(40)14-19)23-17-35-28(36-23)18-5-10-26(34-16-18)37-29(41)46-12-11-45-4/h5-6,8,10,13-17,25H,7,9,11-12H2,1-4H3,(H,35,36)(H,42,43)(H,34,37,41). The number of methoxy groups -OCH3 is 1. The van der Waals surface area contributed by atoms with E-state index in [0.717, 1.165) is 0 Å². The van der Waals surface area contributed by atoms with Gasteiger partial charge in [0.15, 0.2) is 0 Å². The molecule has 0 spiro atoms. The molecule has 0 bridgehead atoms. The Balaban J connectivity index is 1.40. The maximum atomic E-state index is 13.6. The molecule has 15 heteroatoms. The third-order valence-corrected chi connectivity index (χ3v) is 7.39. The number of nitrogens with zero attached hydrogens (tertiary/aromatic N) is 4. The average molecular weight is 665 g/mol. The van der Waals surface area contributed by atoms with Gasteiger partial charge in [-0.1, -0.05) is 11.6 Å². The van der Waals surface area contributed by atoms with E-state index in [-0.39, 0.29) is 36.1 Å². The van der Waals surface area contributed by atoms with Gasteiger partial charge >= 0.3 is 18.3 Å². The first-order chi connectivity index (χ1) is 22.3. The maximum absolute atomic E-state index is 13.6. The van der Waals surface area contributed by atoms with E-state index < -0.39 is 23.9 Å². The number of anilines is 2. The number of H-pyrrole nitrogens is 1. The lowest BCUT2D eigenvalue weighted by Crippen LogP contribution is -2.40. The van der Waals surface area contributed by atoms with Crippen LogP contribution in [0.4, 0.5) is 25.9 Å². The molecule has 14 nitrogen and oxygen atoms in total. The Kier molecular flexibility index (Phi) is 9.63. The van der Waals surface area contributed by atoms with Crippen molar-refractivity contribution < 1.29 is 33.7 Å². The number of fused-ring (bicyclic) bond motifs is 1. The molecule has 0 fully saturated rings. The zero-order chi connectivity index (χ0) is 33.9. The molecule has 1 aromatic carbocycles. The Morgan fingerprint density at radius 1 is 1.09 bits per heavy atom. The monoisotopic (exact) mass is 664 g/mol. The second kappa shape index (κ2) is 13.6. The Labute approximate surface area is 274 Å². The SMILES string of the molecule is COCCOC(=O)Nc1ccc(-c2ncc(C3CCc4cc(-c5cc(Cl)ccc5N(C(=O)O)C(=O)OC(C)(C)C)cc(=O)n43)[nH]2)cn1. The van der Waals surface area contributed by atoms with Gasteiger partial charge in [0.25, 0.3) is 5.56 Å². The number of ether oxygens (including phenoxy) is 3. The third-order valence-electron chi connectivity index (χ3n) is 7.15. The van der Waals surface area contributed by atoms with Crippen molar-refractivity contribution in [1.82, 2.24) is 19.5 Å². The van der Waals surface area contributed by atoms with Crippen LogP contribution in [-0.4, -0.2) is 68.8 Å². The zero-order valence-corrected chi connectivity index (χ0v) is 26.8. The predicted octanol–water partition coefficient (Wildman–Crippen LogP) is 6.10. The number of carboxylic acid groups (broad SMARTS) is 1. The summed E-state index contributed by atoms with van der Waals surface area (Å²) in [6.07, 6.45) is 1.10. The molecule has 4 heterocycles. The molecule has 1 atom stereocenters. The van der Waals surface area contributed by atoms with Crippen LogP contribution in [0.1, 0.15) is 44.6 Å². The number of halogens is 1. The third kappa shape index (κ3) is 7.61. The lowest BCUT2D eigenvalue weighted by Gasteiger charge is -2.26. The minimum Gasteiger partial charge on any atom is -0.464 e. The summed E-state index contributed by atoms with van der Waals surface area (Å²) in [7, 11) is 1.51. The van der Waals surface area contributed by atoms with E-state index in [4.69, 9.17) is 25.8 Å². The molecule has 0 radical (unpaired) electrons. The van der Waals surface area contributed by atoms with Gasteiger partial charge in [0.05, 0.1) is 30.2 Å². The number of aryl methyl sites for hydroxylation is 1. The highest BCUT2D eigenvalue weighted by Crippen LogP contribution is 2.37. The van der Waals surface area contributed by atoms with Crippen LogP contribution in [0.3, 0.4) is 0 Å². The number of carbonyl (C=O) groups is 3. The van der Waals surface area contributed by atoms with Gasteiger partial charge in [-0.15, -0.1) is 0 Å². The summed E-state index contributed by atoms with van der Waals surface area (Å²) in [5.41, 5.74) is 1.52. The largest absolute Gasteiger partial charge is 0.464 e. The van der Waals surface area contributed by atoms with Gasteiger partial charge in [0.2, 0.25) is 0 Å². The number of aromatic nitrogens is 4. The number of imidazole rings is 1. The first-order valence-electron chi connectivity index (χ1n) is 14.6. The Hall–Kier alpha value is -5.21. The van der Waals surface area contributed by atoms with Crippen LogP contribution in [0, 0.1) is 0 Å². The highest BCUT2D eigenvalue weighted by Gasteiger charge is 2.32. The topological polar surface area (TPSA) is 178 Å². The van der Waals surface area contributed by atoms with E-state index in [1.807, 2.05) is 0 Å². The zero-order valence-electron chi connectivity index (χ0n) is 26.1. The number of amides is 3. The lowest BCUT2D eigenvalue weighted by molar-refractivity contribution is 0.0582. The predicted molar refractivity (Wildman–Crippen MR) is 173 cm³/mol. The summed E-state index contributed by atoms with van der Waals surface area (Å²) < 4.78 is 16.8. The summed E-state index contributed by atoms with van der Waals surface area (Å²) >= 11 is 6.29. The molecule has 0 saturated carbocycles. The summed E-state index contributed by atoms with van der Waals surface area (Å²) in [6, 6.07) is 10.6. The van der Waals surface area contributed by atoms with Crippen LogP contribution < -0.4 is 15.8 Å². The number of rotatable bonds is 8. The maximum Gasteiger partial charge on any atom is 0.424 e. The molecule has 0 aliphatic carbocycles. The molecule has 4 aromatic rings. The summed E-state index contributed by atoms with van der Waals surface area (Å²) in [4.78, 5) is 63.1. The molecule has 0 saturated heterocycles. The number of pyridine rings is 2. The van der Waals surface area contributed by atoms with E-state index in [1.165, 1.54) is 31.4 Å². The highest BCUT2D eigenvalue weighted by molar-refractivity contribution is 6.31. The van der Waals surface area contributed by atoms with Crippen molar-refractivity contribution in [2.75, 3.05) is 30.5 Å². The fourth-order valence-electron chi connectivity index (χ4n) is 5.18. The molecule has 47 heavy (non-hydrogen) atoms. The number of hydrogen-bond acceptors (Lipinski definition) is 9.